The predicted molar refractivity (Wildman–Crippen MR) is 115 cm³/mol. The molecule has 0 radical (unpaired) electrons. The summed E-state index contributed by atoms with van der Waals surface area (Å²) in [6.45, 7) is 0.218. The van der Waals surface area contributed by atoms with Gasteiger partial charge in [0.2, 0.25) is 0 Å². The third-order valence-corrected chi connectivity index (χ3v) is 5.48. The lowest BCUT2D eigenvalue weighted by Crippen LogP contribution is -2.18. The molecule has 0 unspecified atom stereocenters. The van der Waals surface area contributed by atoms with Crippen LogP contribution in [0.1, 0.15) is 16.3 Å². The predicted octanol–water partition coefficient (Wildman–Crippen LogP) is 4.26. The number of aromatic nitrogens is 3. The molecule has 0 aliphatic heterocycles. The standard InChI is InChI=1S/C22H15FN4O3S/c23-15-6-4-14(5-7-15)19-20(27-11-12-31-22(27)24-19)25-21(29)17-9-8-16(30-17)13-26-10-2-1-3-18(26)28/h1-12H,13H2,(H,25,29). The Hall–Kier alpha value is -3.98. The second kappa shape index (κ2) is 7.69. The molecule has 0 atom stereocenters. The van der Waals surface area contributed by atoms with Crippen LogP contribution in [0.3, 0.4) is 0 Å². The first-order valence-electron chi connectivity index (χ1n) is 9.35. The number of hydrogen-bond acceptors (Lipinski definition) is 5. The molecule has 5 rings (SSSR count). The van der Waals surface area contributed by atoms with E-state index < -0.39 is 5.91 Å². The second-order valence-electron chi connectivity index (χ2n) is 6.76. The average molecular weight is 434 g/mol. The molecule has 0 fully saturated rings. The smallest absolute Gasteiger partial charge is 0.292 e. The molecule has 1 N–H and O–H groups in total. The van der Waals surface area contributed by atoms with Gasteiger partial charge in [-0.05, 0) is 42.5 Å². The van der Waals surface area contributed by atoms with E-state index in [0.29, 0.717) is 27.8 Å². The van der Waals surface area contributed by atoms with Crippen molar-refractivity contribution >= 4 is 28.0 Å². The zero-order valence-corrected chi connectivity index (χ0v) is 16.8. The van der Waals surface area contributed by atoms with Gasteiger partial charge in [0, 0.05) is 29.4 Å². The number of amides is 1. The molecule has 7 nitrogen and oxygen atoms in total. The van der Waals surface area contributed by atoms with Crippen molar-refractivity contribution in [2.45, 2.75) is 6.54 Å². The molecule has 4 aromatic heterocycles. The number of rotatable bonds is 5. The molecule has 0 bridgehead atoms. The van der Waals surface area contributed by atoms with Crippen LogP contribution in [0, 0.1) is 5.82 Å². The molecule has 0 aliphatic carbocycles. The van der Waals surface area contributed by atoms with Crippen LogP contribution in [0.25, 0.3) is 16.2 Å². The van der Waals surface area contributed by atoms with Crippen molar-refractivity contribution in [3.63, 3.8) is 0 Å². The van der Waals surface area contributed by atoms with Gasteiger partial charge in [0.25, 0.3) is 11.5 Å². The third kappa shape index (κ3) is 3.66. The first kappa shape index (κ1) is 19.0. The molecule has 9 heteroatoms. The molecule has 0 saturated heterocycles. The maximum Gasteiger partial charge on any atom is 0.292 e. The summed E-state index contributed by atoms with van der Waals surface area (Å²) in [5.41, 5.74) is 1.05. The first-order valence-corrected chi connectivity index (χ1v) is 10.2. The van der Waals surface area contributed by atoms with Gasteiger partial charge < -0.3 is 14.3 Å². The summed E-state index contributed by atoms with van der Waals surface area (Å²) >= 11 is 1.42. The van der Waals surface area contributed by atoms with Crippen molar-refractivity contribution in [1.82, 2.24) is 14.0 Å². The van der Waals surface area contributed by atoms with E-state index >= 15 is 0 Å². The second-order valence-corrected chi connectivity index (χ2v) is 7.63. The van der Waals surface area contributed by atoms with E-state index in [2.05, 4.69) is 10.3 Å². The van der Waals surface area contributed by atoms with E-state index in [4.69, 9.17) is 4.42 Å². The van der Waals surface area contributed by atoms with Crippen molar-refractivity contribution in [3.05, 3.63) is 100 Å². The summed E-state index contributed by atoms with van der Waals surface area (Å²) in [5.74, 6) is 0.240. The fraction of sp³-hybridized carbons (Fsp3) is 0.0455. The Bertz CT molecular complexity index is 1450. The Labute approximate surface area is 179 Å². The Morgan fingerprint density at radius 2 is 1.94 bits per heavy atom. The topological polar surface area (TPSA) is 81.5 Å². The lowest BCUT2D eigenvalue weighted by molar-refractivity contribution is 0.0994. The monoisotopic (exact) mass is 434 g/mol. The van der Waals surface area contributed by atoms with Crippen LogP contribution in [0.5, 0.6) is 0 Å². The molecule has 31 heavy (non-hydrogen) atoms. The molecule has 1 amide bonds. The van der Waals surface area contributed by atoms with Crippen LogP contribution in [0.2, 0.25) is 0 Å². The molecule has 154 valence electrons. The van der Waals surface area contributed by atoms with E-state index in [1.165, 1.54) is 34.1 Å². The normalized spacial score (nSPS) is 11.1. The quantitative estimate of drug-likeness (QED) is 0.448. The van der Waals surface area contributed by atoms with Gasteiger partial charge >= 0.3 is 0 Å². The van der Waals surface area contributed by atoms with Gasteiger partial charge in [-0.2, -0.15) is 0 Å². The van der Waals surface area contributed by atoms with Crippen LogP contribution >= 0.6 is 11.3 Å². The molecule has 0 saturated carbocycles. The summed E-state index contributed by atoms with van der Waals surface area (Å²) in [6.07, 6.45) is 3.45. The number of anilines is 1. The van der Waals surface area contributed by atoms with E-state index in [-0.39, 0.29) is 23.7 Å². The number of nitrogens with one attached hydrogen (secondary N) is 1. The lowest BCUT2D eigenvalue weighted by Gasteiger charge is -2.06. The van der Waals surface area contributed by atoms with Crippen LogP contribution in [-0.2, 0) is 6.54 Å². The summed E-state index contributed by atoms with van der Waals surface area (Å²) in [6, 6.07) is 14.0. The van der Waals surface area contributed by atoms with Gasteiger partial charge in [0.05, 0.1) is 6.54 Å². The number of thiazole rings is 1. The Morgan fingerprint density at radius 3 is 2.74 bits per heavy atom. The molecule has 0 aliphatic rings. The zero-order chi connectivity index (χ0) is 21.4. The highest BCUT2D eigenvalue weighted by atomic mass is 32.1. The maximum absolute atomic E-state index is 13.3. The number of furan rings is 1. The summed E-state index contributed by atoms with van der Waals surface area (Å²) in [4.78, 5) is 30.0. The SMILES string of the molecule is O=C(Nc1c(-c2ccc(F)cc2)nc2sccn12)c1ccc(Cn2ccccc2=O)o1. The van der Waals surface area contributed by atoms with Gasteiger partial charge in [-0.15, -0.1) is 11.3 Å². The molecule has 5 aromatic rings. The van der Waals surface area contributed by atoms with Gasteiger partial charge in [0.15, 0.2) is 10.7 Å². The minimum absolute atomic E-state index is 0.106. The fourth-order valence-corrected chi connectivity index (χ4v) is 3.94. The van der Waals surface area contributed by atoms with Crippen LogP contribution < -0.4 is 10.9 Å². The van der Waals surface area contributed by atoms with Gasteiger partial charge in [-0.25, -0.2) is 9.37 Å². The first-order chi connectivity index (χ1) is 15.1. The number of imidazole rings is 1. The number of nitrogens with zero attached hydrogens (tertiary/aromatic N) is 3. The lowest BCUT2D eigenvalue weighted by atomic mass is 10.1. The summed E-state index contributed by atoms with van der Waals surface area (Å²) < 4.78 is 22.2. The largest absolute Gasteiger partial charge is 0.454 e. The van der Waals surface area contributed by atoms with Gasteiger partial charge in [-0.1, -0.05) is 6.07 Å². The molecular formula is C22H15FN4O3S. The average Bonchev–Trinajstić information content (AvgIpc) is 3.48. The highest BCUT2D eigenvalue weighted by Crippen LogP contribution is 2.31. The third-order valence-electron chi connectivity index (χ3n) is 4.72. The van der Waals surface area contributed by atoms with Crippen LogP contribution in [-0.4, -0.2) is 19.9 Å². The van der Waals surface area contributed by atoms with E-state index in [1.54, 1.807) is 53.2 Å². The maximum atomic E-state index is 13.3. The number of pyridine rings is 1. The fourth-order valence-electron chi connectivity index (χ4n) is 3.23. The highest BCUT2D eigenvalue weighted by molar-refractivity contribution is 7.15. The minimum Gasteiger partial charge on any atom is -0.454 e. The van der Waals surface area contributed by atoms with Gasteiger partial charge in [-0.3, -0.25) is 14.0 Å². The molecule has 4 heterocycles. The molecular weight excluding hydrogens is 419 g/mol. The number of halogens is 1. The van der Waals surface area contributed by atoms with Gasteiger partial charge in [0.1, 0.15) is 23.1 Å². The van der Waals surface area contributed by atoms with Crippen molar-refractivity contribution in [1.29, 1.82) is 0 Å². The Balaban J connectivity index is 1.43. The van der Waals surface area contributed by atoms with Crippen LogP contribution in [0.15, 0.2) is 81.6 Å². The number of benzene rings is 1. The highest BCUT2D eigenvalue weighted by Gasteiger charge is 2.20. The number of hydrogen-bond donors (Lipinski definition) is 1. The zero-order valence-electron chi connectivity index (χ0n) is 16.0. The number of carbonyl (C=O) groups is 1. The molecule has 0 spiro atoms. The number of fused-ring (bicyclic) bond motifs is 1. The minimum atomic E-state index is -0.456. The summed E-state index contributed by atoms with van der Waals surface area (Å²) in [5, 5.41) is 4.71. The van der Waals surface area contributed by atoms with E-state index in [1.807, 2.05) is 5.38 Å². The van der Waals surface area contributed by atoms with Crippen LogP contribution in [0.4, 0.5) is 10.2 Å². The molecule has 1 aromatic carbocycles. The van der Waals surface area contributed by atoms with Crippen molar-refractivity contribution in [2.24, 2.45) is 0 Å². The number of carbonyl (C=O) groups excluding carboxylic acids is 1. The van der Waals surface area contributed by atoms with E-state index in [0.717, 1.165) is 0 Å². The van der Waals surface area contributed by atoms with Crippen molar-refractivity contribution in [2.75, 3.05) is 5.32 Å². The Morgan fingerprint density at radius 1 is 1.10 bits per heavy atom. The van der Waals surface area contributed by atoms with Crippen molar-refractivity contribution in [3.8, 4) is 11.3 Å². The van der Waals surface area contributed by atoms with E-state index in [9.17, 15) is 14.0 Å². The Kier molecular flexibility index (Phi) is 4.72. The van der Waals surface area contributed by atoms with Crippen molar-refractivity contribution < 1.29 is 13.6 Å². The summed E-state index contributed by atoms with van der Waals surface area (Å²) in [7, 11) is 0.